The minimum absolute atomic E-state index is 0.524. The first-order valence-electron chi connectivity index (χ1n) is 9.92. The molecule has 3 aromatic rings. The van der Waals surface area contributed by atoms with E-state index in [1.165, 1.54) is 5.56 Å². The summed E-state index contributed by atoms with van der Waals surface area (Å²) in [5.74, 6) is 2.36. The first-order valence-corrected chi connectivity index (χ1v) is 9.92. The van der Waals surface area contributed by atoms with E-state index in [0.717, 1.165) is 35.8 Å². The molecule has 146 valence electrons. The summed E-state index contributed by atoms with van der Waals surface area (Å²) >= 11 is 0. The molecule has 0 atom stereocenters. The molecule has 0 aromatic heterocycles. The molecule has 0 amide bonds. The highest BCUT2D eigenvalue weighted by molar-refractivity contribution is 5.48. The van der Waals surface area contributed by atoms with E-state index in [-0.39, 0.29) is 0 Å². The molecule has 1 N–H and O–H groups in total. The number of anilines is 1. The van der Waals surface area contributed by atoms with E-state index < -0.39 is 0 Å². The largest absolute Gasteiger partial charge is 0.493 e. The number of hydrogen-bond acceptors (Lipinski definition) is 3. The Morgan fingerprint density at radius 2 is 1.50 bits per heavy atom. The zero-order valence-corrected chi connectivity index (χ0v) is 16.7. The van der Waals surface area contributed by atoms with Crippen LogP contribution in [0.15, 0.2) is 78.9 Å². The van der Waals surface area contributed by atoms with Gasteiger partial charge in [0.1, 0.15) is 11.5 Å². The van der Waals surface area contributed by atoms with Gasteiger partial charge < -0.3 is 14.8 Å². The molecule has 0 unspecified atom stereocenters. The van der Waals surface area contributed by atoms with Gasteiger partial charge in [-0.3, -0.25) is 0 Å². The molecule has 0 saturated heterocycles. The molecule has 0 heterocycles. The highest BCUT2D eigenvalue weighted by atomic mass is 16.5. The number of benzene rings is 3. The molecular formula is C25H29NO2. The summed E-state index contributed by atoms with van der Waals surface area (Å²) in [4.78, 5) is 0. The fraction of sp³-hybridized carbons (Fsp3) is 0.280. The Bertz CT molecular complexity index is 829. The van der Waals surface area contributed by atoms with Crippen molar-refractivity contribution < 1.29 is 9.47 Å². The second-order valence-electron chi connectivity index (χ2n) is 7.27. The van der Waals surface area contributed by atoms with Gasteiger partial charge in [-0.1, -0.05) is 62.4 Å². The van der Waals surface area contributed by atoms with Gasteiger partial charge in [0.15, 0.2) is 0 Å². The molecule has 0 saturated carbocycles. The summed E-state index contributed by atoms with van der Waals surface area (Å²) in [5.41, 5.74) is 3.50. The normalized spacial score (nSPS) is 10.7. The van der Waals surface area contributed by atoms with Crippen LogP contribution in [-0.4, -0.2) is 13.2 Å². The fourth-order valence-electron chi connectivity index (χ4n) is 2.84. The monoisotopic (exact) mass is 375 g/mol. The number of hydrogen-bond donors (Lipinski definition) is 1. The molecule has 0 fully saturated rings. The van der Waals surface area contributed by atoms with Crippen molar-refractivity contribution in [3.05, 3.63) is 90.0 Å². The smallest absolute Gasteiger partial charge is 0.124 e. The van der Waals surface area contributed by atoms with Crippen LogP contribution in [0.4, 0.5) is 5.69 Å². The van der Waals surface area contributed by atoms with Crippen LogP contribution < -0.4 is 14.8 Å². The van der Waals surface area contributed by atoms with Crippen molar-refractivity contribution in [3.63, 3.8) is 0 Å². The first kappa shape index (κ1) is 19.8. The molecule has 0 aliphatic rings. The lowest BCUT2D eigenvalue weighted by Crippen LogP contribution is -2.06. The maximum atomic E-state index is 6.04. The number of rotatable bonds is 10. The third-order valence-corrected chi connectivity index (χ3v) is 4.38. The Morgan fingerprint density at radius 1 is 0.786 bits per heavy atom. The summed E-state index contributed by atoms with van der Waals surface area (Å²) in [6.45, 7) is 6.42. The van der Waals surface area contributed by atoms with E-state index in [2.05, 4.69) is 61.6 Å². The number of ether oxygens (including phenoxy) is 2. The van der Waals surface area contributed by atoms with E-state index in [4.69, 9.17) is 9.47 Å². The number of nitrogens with one attached hydrogen (secondary N) is 1. The zero-order chi connectivity index (χ0) is 19.6. The topological polar surface area (TPSA) is 30.5 Å². The SMILES string of the molecule is CC(C)COc1ccc(NCc2ccccc2OCCc2ccccc2)cc1. The summed E-state index contributed by atoms with van der Waals surface area (Å²) in [6.07, 6.45) is 0.903. The van der Waals surface area contributed by atoms with Crippen LogP contribution in [0.1, 0.15) is 25.0 Å². The van der Waals surface area contributed by atoms with Crippen molar-refractivity contribution in [2.45, 2.75) is 26.8 Å². The van der Waals surface area contributed by atoms with Crippen molar-refractivity contribution in [1.29, 1.82) is 0 Å². The Hall–Kier alpha value is -2.94. The van der Waals surface area contributed by atoms with Gasteiger partial charge in [0, 0.05) is 24.2 Å². The molecule has 3 nitrogen and oxygen atoms in total. The predicted molar refractivity (Wildman–Crippen MR) is 116 cm³/mol. The average Bonchev–Trinajstić information content (AvgIpc) is 2.73. The molecule has 3 heteroatoms. The summed E-state index contributed by atoms with van der Waals surface area (Å²) < 4.78 is 11.8. The van der Waals surface area contributed by atoms with Crippen LogP contribution in [0.3, 0.4) is 0 Å². The van der Waals surface area contributed by atoms with Crippen LogP contribution in [0.25, 0.3) is 0 Å². The summed E-state index contributed by atoms with van der Waals surface area (Å²) in [7, 11) is 0. The standard InChI is InChI=1S/C25H29NO2/c1-20(2)19-28-24-14-12-23(13-15-24)26-18-22-10-6-7-11-25(22)27-17-16-21-8-4-3-5-9-21/h3-15,20,26H,16-19H2,1-2H3. The van der Waals surface area contributed by atoms with Crippen LogP contribution in [0, 0.1) is 5.92 Å². The second kappa shape index (κ2) is 10.4. The first-order chi connectivity index (χ1) is 13.7. The predicted octanol–water partition coefficient (Wildman–Crippen LogP) is 5.96. The lowest BCUT2D eigenvalue weighted by Gasteiger charge is -2.13. The Morgan fingerprint density at radius 3 is 2.25 bits per heavy atom. The van der Waals surface area contributed by atoms with E-state index >= 15 is 0 Å². The van der Waals surface area contributed by atoms with Gasteiger partial charge in [-0.2, -0.15) is 0 Å². The van der Waals surface area contributed by atoms with Crippen LogP contribution >= 0.6 is 0 Å². The summed E-state index contributed by atoms with van der Waals surface area (Å²) in [6, 6.07) is 26.7. The molecule has 0 aliphatic carbocycles. The van der Waals surface area contributed by atoms with Gasteiger partial charge in [-0.15, -0.1) is 0 Å². The minimum Gasteiger partial charge on any atom is -0.493 e. The van der Waals surface area contributed by atoms with E-state index in [0.29, 0.717) is 19.1 Å². The van der Waals surface area contributed by atoms with Crippen LogP contribution in [0.5, 0.6) is 11.5 Å². The van der Waals surface area contributed by atoms with Crippen LogP contribution in [0.2, 0.25) is 0 Å². The van der Waals surface area contributed by atoms with Gasteiger partial charge in [-0.25, -0.2) is 0 Å². The van der Waals surface area contributed by atoms with Crippen molar-refractivity contribution in [3.8, 4) is 11.5 Å². The van der Waals surface area contributed by atoms with E-state index in [1.807, 2.05) is 36.4 Å². The molecule has 0 aliphatic heterocycles. The number of para-hydroxylation sites is 1. The Labute approximate surface area is 168 Å². The molecule has 0 bridgehead atoms. The molecule has 3 rings (SSSR count). The molecule has 0 spiro atoms. The molecule has 28 heavy (non-hydrogen) atoms. The maximum Gasteiger partial charge on any atom is 0.124 e. The quantitative estimate of drug-likeness (QED) is 0.474. The Kier molecular flexibility index (Phi) is 7.36. The van der Waals surface area contributed by atoms with Crippen molar-refractivity contribution in [2.75, 3.05) is 18.5 Å². The molecule has 3 aromatic carbocycles. The van der Waals surface area contributed by atoms with E-state index in [1.54, 1.807) is 0 Å². The van der Waals surface area contributed by atoms with Crippen molar-refractivity contribution >= 4 is 5.69 Å². The van der Waals surface area contributed by atoms with Gasteiger partial charge in [-0.05, 0) is 41.8 Å². The lowest BCUT2D eigenvalue weighted by atomic mass is 10.1. The van der Waals surface area contributed by atoms with Crippen molar-refractivity contribution in [1.82, 2.24) is 0 Å². The molecular weight excluding hydrogens is 346 g/mol. The van der Waals surface area contributed by atoms with Gasteiger partial charge in [0.25, 0.3) is 0 Å². The minimum atomic E-state index is 0.524. The van der Waals surface area contributed by atoms with Gasteiger partial charge >= 0.3 is 0 Å². The van der Waals surface area contributed by atoms with Gasteiger partial charge in [0.05, 0.1) is 13.2 Å². The Balaban J connectivity index is 1.51. The van der Waals surface area contributed by atoms with Crippen molar-refractivity contribution in [2.24, 2.45) is 5.92 Å². The average molecular weight is 376 g/mol. The maximum absolute atomic E-state index is 6.04. The second-order valence-corrected chi connectivity index (χ2v) is 7.27. The highest BCUT2D eigenvalue weighted by Crippen LogP contribution is 2.21. The fourth-order valence-corrected chi connectivity index (χ4v) is 2.84. The third kappa shape index (κ3) is 6.34. The summed E-state index contributed by atoms with van der Waals surface area (Å²) in [5, 5.41) is 3.47. The van der Waals surface area contributed by atoms with Crippen LogP contribution in [-0.2, 0) is 13.0 Å². The molecule has 0 radical (unpaired) electrons. The zero-order valence-electron chi connectivity index (χ0n) is 16.7. The highest BCUT2D eigenvalue weighted by Gasteiger charge is 2.04. The van der Waals surface area contributed by atoms with Gasteiger partial charge in [0.2, 0.25) is 0 Å². The van der Waals surface area contributed by atoms with E-state index in [9.17, 15) is 0 Å². The third-order valence-electron chi connectivity index (χ3n) is 4.38. The lowest BCUT2D eigenvalue weighted by molar-refractivity contribution is 0.271.